The third-order valence-corrected chi connectivity index (χ3v) is 2.39. The smallest absolute Gasteiger partial charge is 0.193 e. The van der Waals surface area contributed by atoms with Gasteiger partial charge in [0.05, 0.1) is 0 Å². The van der Waals surface area contributed by atoms with E-state index in [-0.39, 0.29) is 5.78 Å². The molecule has 1 rings (SSSR count). The van der Waals surface area contributed by atoms with Crippen molar-refractivity contribution >= 4 is 5.78 Å². The lowest BCUT2D eigenvalue weighted by Crippen LogP contribution is -2.01. The molecule has 1 heteroatoms. The molecular formula is C16H18O. The van der Waals surface area contributed by atoms with E-state index in [4.69, 9.17) is 0 Å². The Kier molecular flexibility index (Phi) is 5.15. The molecule has 88 valence electrons. The Balaban J connectivity index is 3.04. The quantitative estimate of drug-likeness (QED) is 0.426. The Morgan fingerprint density at radius 3 is 2.24 bits per heavy atom. The predicted octanol–water partition coefficient (Wildman–Crippen LogP) is 4.26. The van der Waals surface area contributed by atoms with Crippen molar-refractivity contribution in [1.82, 2.24) is 0 Å². The van der Waals surface area contributed by atoms with Gasteiger partial charge in [-0.25, -0.2) is 0 Å². The number of carbonyl (C=O) groups excluding carboxylic acids is 1. The third-order valence-electron chi connectivity index (χ3n) is 2.39. The Morgan fingerprint density at radius 1 is 1.06 bits per heavy atom. The van der Waals surface area contributed by atoms with E-state index in [1.807, 2.05) is 75.4 Å². The minimum Gasteiger partial charge on any atom is -0.289 e. The molecule has 0 aliphatic rings. The van der Waals surface area contributed by atoms with Crippen molar-refractivity contribution in [3.63, 3.8) is 0 Å². The van der Waals surface area contributed by atoms with Gasteiger partial charge in [-0.3, -0.25) is 4.79 Å². The lowest BCUT2D eigenvalue weighted by atomic mass is 10.0. The van der Waals surface area contributed by atoms with Gasteiger partial charge in [0.15, 0.2) is 5.78 Å². The Labute approximate surface area is 103 Å². The SMILES string of the molecule is C\C=C/C=C(\C=C/C)C(=O)c1ccc(C)cc1. The molecule has 17 heavy (non-hydrogen) atoms. The summed E-state index contributed by atoms with van der Waals surface area (Å²) in [5, 5.41) is 0. The highest BCUT2D eigenvalue weighted by atomic mass is 16.1. The van der Waals surface area contributed by atoms with E-state index in [0.29, 0.717) is 5.57 Å². The van der Waals surface area contributed by atoms with E-state index in [2.05, 4.69) is 0 Å². The first-order valence-electron chi connectivity index (χ1n) is 5.76. The molecule has 0 N–H and O–H groups in total. The van der Waals surface area contributed by atoms with Crippen molar-refractivity contribution in [3.8, 4) is 0 Å². The van der Waals surface area contributed by atoms with E-state index >= 15 is 0 Å². The van der Waals surface area contributed by atoms with E-state index < -0.39 is 0 Å². The Hall–Kier alpha value is -1.89. The van der Waals surface area contributed by atoms with Gasteiger partial charge in [-0.2, -0.15) is 0 Å². The van der Waals surface area contributed by atoms with Gasteiger partial charge in [0.1, 0.15) is 0 Å². The zero-order valence-corrected chi connectivity index (χ0v) is 10.6. The van der Waals surface area contributed by atoms with E-state index in [1.165, 1.54) is 0 Å². The molecule has 0 aromatic heterocycles. The fourth-order valence-corrected chi connectivity index (χ4v) is 1.46. The number of carbonyl (C=O) groups is 1. The predicted molar refractivity (Wildman–Crippen MR) is 73.2 cm³/mol. The average molecular weight is 226 g/mol. The van der Waals surface area contributed by atoms with Gasteiger partial charge >= 0.3 is 0 Å². The highest BCUT2D eigenvalue weighted by Gasteiger charge is 2.08. The lowest BCUT2D eigenvalue weighted by Gasteiger charge is -2.02. The van der Waals surface area contributed by atoms with Crippen LogP contribution >= 0.6 is 0 Å². The highest BCUT2D eigenvalue weighted by Crippen LogP contribution is 2.11. The molecule has 0 atom stereocenters. The minimum atomic E-state index is 0.0567. The molecule has 0 radical (unpaired) electrons. The van der Waals surface area contributed by atoms with Crippen LogP contribution in [0.2, 0.25) is 0 Å². The molecule has 0 saturated carbocycles. The summed E-state index contributed by atoms with van der Waals surface area (Å²) in [6, 6.07) is 7.64. The monoisotopic (exact) mass is 226 g/mol. The summed E-state index contributed by atoms with van der Waals surface area (Å²) in [4.78, 5) is 12.2. The first-order chi connectivity index (χ1) is 8.19. The number of ketones is 1. The summed E-state index contributed by atoms with van der Waals surface area (Å²) in [5.74, 6) is 0.0567. The van der Waals surface area contributed by atoms with Crippen LogP contribution in [-0.2, 0) is 0 Å². The fourth-order valence-electron chi connectivity index (χ4n) is 1.46. The molecule has 1 nitrogen and oxygen atoms in total. The van der Waals surface area contributed by atoms with E-state index in [1.54, 1.807) is 0 Å². The van der Waals surface area contributed by atoms with Crippen LogP contribution in [0.1, 0.15) is 29.8 Å². The van der Waals surface area contributed by atoms with Gasteiger partial charge in [0.25, 0.3) is 0 Å². The van der Waals surface area contributed by atoms with Gasteiger partial charge in [0, 0.05) is 11.1 Å². The van der Waals surface area contributed by atoms with Crippen molar-refractivity contribution in [3.05, 3.63) is 71.3 Å². The Bertz CT molecular complexity index is 459. The second kappa shape index (κ2) is 6.64. The van der Waals surface area contributed by atoms with E-state index in [0.717, 1.165) is 11.1 Å². The molecule has 0 aliphatic heterocycles. The maximum Gasteiger partial charge on any atom is 0.193 e. The van der Waals surface area contributed by atoms with Crippen molar-refractivity contribution in [1.29, 1.82) is 0 Å². The standard InChI is InChI=1S/C16H18O/c1-4-6-8-14(7-5-2)16(17)15-11-9-13(3)10-12-15/h4-12H,1-3H3/b6-4-,7-5-,14-8+. The molecule has 1 aromatic rings. The number of hydrogen-bond acceptors (Lipinski definition) is 1. The molecule has 0 heterocycles. The van der Waals surface area contributed by atoms with Gasteiger partial charge in [-0.1, -0.05) is 60.2 Å². The fraction of sp³-hybridized carbons (Fsp3) is 0.188. The summed E-state index contributed by atoms with van der Waals surface area (Å²) in [5.41, 5.74) is 2.59. The topological polar surface area (TPSA) is 17.1 Å². The number of rotatable bonds is 4. The zero-order valence-electron chi connectivity index (χ0n) is 10.6. The first-order valence-corrected chi connectivity index (χ1v) is 5.76. The second-order valence-corrected chi connectivity index (χ2v) is 3.84. The van der Waals surface area contributed by atoms with Crippen molar-refractivity contribution in [2.24, 2.45) is 0 Å². The van der Waals surface area contributed by atoms with Crippen LogP contribution in [0.15, 0.2) is 60.2 Å². The van der Waals surface area contributed by atoms with Crippen LogP contribution in [0.3, 0.4) is 0 Å². The summed E-state index contributed by atoms with van der Waals surface area (Å²) in [6.45, 7) is 5.85. The molecule has 1 aromatic carbocycles. The van der Waals surface area contributed by atoms with Gasteiger partial charge < -0.3 is 0 Å². The van der Waals surface area contributed by atoms with Gasteiger partial charge in [-0.05, 0) is 20.8 Å². The number of benzene rings is 1. The van der Waals surface area contributed by atoms with Crippen molar-refractivity contribution in [2.45, 2.75) is 20.8 Å². The molecule has 0 aliphatic carbocycles. The van der Waals surface area contributed by atoms with Crippen LogP contribution in [0.4, 0.5) is 0 Å². The highest BCUT2D eigenvalue weighted by molar-refractivity contribution is 6.10. The zero-order chi connectivity index (χ0) is 12.7. The summed E-state index contributed by atoms with van der Waals surface area (Å²) >= 11 is 0. The first kappa shape index (κ1) is 13.2. The average Bonchev–Trinajstić information content (AvgIpc) is 2.34. The number of hydrogen-bond donors (Lipinski definition) is 0. The number of aryl methyl sites for hydroxylation is 1. The van der Waals surface area contributed by atoms with E-state index in [9.17, 15) is 4.79 Å². The molecule has 0 spiro atoms. The largest absolute Gasteiger partial charge is 0.289 e. The molecule has 0 amide bonds. The third kappa shape index (κ3) is 3.87. The summed E-state index contributed by atoms with van der Waals surface area (Å²) in [7, 11) is 0. The van der Waals surface area contributed by atoms with Crippen LogP contribution < -0.4 is 0 Å². The maximum atomic E-state index is 12.2. The normalized spacial score (nSPS) is 12.5. The molecule has 0 fully saturated rings. The van der Waals surface area contributed by atoms with Gasteiger partial charge in [0.2, 0.25) is 0 Å². The summed E-state index contributed by atoms with van der Waals surface area (Å²) < 4.78 is 0. The molecule has 0 unspecified atom stereocenters. The van der Waals surface area contributed by atoms with Crippen LogP contribution in [0, 0.1) is 6.92 Å². The minimum absolute atomic E-state index is 0.0567. The van der Waals surface area contributed by atoms with Crippen LogP contribution in [-0.4, -0.2) is 5.78 Å². The van der Waals surface area contributed by atoms with Crippen LogP contribution in [0.25, 0.3) is 0 Å². The summed E-state index contributed by atoms with van der Waals surface area (Å²) in [6.07, 6.45) is 9.33. The number of Topliss-reactive ketones (excluding diaryl/α,β-unsaturated/α-hetero) is 1. The Morgan fingerprint density at radius 2 is 1.71 bits per heavy atom. The second-order valence-electron chi connectivity index (χ2n) is 3.84. The van der Waals surface area contributed by atoms with Gasteiger partial charge in [-0.15, -0.1) is 0 Å². The molecule has 0 bridgehead atoms. The maximum absolute atomic E-state index is 12.2. The van der Waals surface area contributed by atoms with Crippen LogP contribution in [0.5, 0.6) is 0 Å². The van der Waals surface area contributed by atoms with Crippen molar-refractivity contribution in [2.75, 3.05) is 0 Å². The van der Waals surface area contributed by atoms with Crippen molar-refractivity contribution < 1.29 is 4.79 Å². The molecular weight excluding hydrogens is 208 g/mol. The lowest BCUT2D eigenvalue weighted by molar-refractivity contribution is 0.103. The number of allylic oxidation sites excluding steroid dienone is 6. The molecule has 0 saturated heterocycles.